The second kappa shape index (κ2) is 4.74. The van der Waals surface area contributed by atoms with Crippen molar-refractivity contribution in [2.24, 2.45) is 0 Å². The maximum atomic E-state index is 5.90. The molecule has 0 bridgehead atoms. The smallest absolute Gasteiger partial charge is 0.226 e. The van der Waals surface area contributed by atoms with E-state index in [2.05, 4.69) is 4.98 Å². The van der Waals surface area contributed by atoms with Gasteiger partial charge in [0, 0.05) is 11.5 Å². The third-order valence-corrected chi connectivity index (χ3v) is 3.55. The lowest BCUT2D eigenvalue weighted by molar-refractivity contribution is 0.378. The summed E-state index contributed by atoms with van der Waals surface area (Å²) in [7, 11) is 0. The summed E-state index contributed by atoms with van der Waals surface area (Å²) in [6.07, 6.45) is 8.44. The van der Waals surface area contributed by atoms with Gasteiger partial charge < -0.3 is 4.42 Å². The predicted octanol–water partition coefficient (Wildman–Crippen LogP) is 4.39. The number of nitrogens with zero attached hydrogens (tertiary/aromatic N) is 1. The molecule has 0 radical (unpaired) electrons. The molecule has 88 valence electrons. The molecule has 2 nitrogen and oxygen atoms in total. The highest BCUT2D eigenvalue weighted by molar-refractivity contribution is 5.52. The van der Waals surface area contributed by atoms with E-state index in [1.165, 1.54) is 32.1 Å². The van der Waals surface area contributed by atoms with Crippen LogP contribution in [0.4, 0.5) is 0 Å². The van der Waals surface area contributed by atoms with Gasteiger partial charge in [-0.3, -0.25) is 0 Å². The molecule has 3 rings (SSSR count). The molecule has 0 N–H and O–H groups in total. The maximum absolute atomic E-state index is 5.90. The standard InChI is InChI=1S/C15H17NO/c1-3-7-12(8-4-1)14-11-16-15(17-14)13-9-5-2-6-10-13/h2,5-6,9-12H,1,3-4,7-8H2. The van der Waals surface area contributed by atoms with E-state index in [1.807, 2.05) is 36.5 Å². The highest BCUT2D eigenvalue weighted by Crippen LogP contribution is 2.34. The maximum Gasteiger partial charge on any atom is 0.226 e. The number of aromatic nitrogens is 1. The summed E-state index contributed by atoms with van der Waals surface area (Å²) in [5.41, 5.74) is 1.06. The average Bonchev–Trinajstić information content (AvgIpc) is 2.90. The molecule has 1 aromatic heterocycles. The van der Waals surface area contributed by atoms with Gasteiger partial charge in [0.2, 0.25) is 5.89 Å². The van der Waals surface area contributed by atoms with Crippen LogP contribution in [0.15, 0.2) is 40.9 Å². The quantitative estimate of drug-likeness (QED) is 0.760. The van der Waals surface area contributed by atoms with Crippen LogP contribution >= 0.6 is 0 Å². The van der Waals surface area contributed by atoms with Gasteiger partial charge in [0.05, 0.1) is 6.20 Å². The Morgan fingerprint density at radius 2 is 1.76 bits per heavy atom. The van der Waals surface area contributed by atoms with Crippen molar-refractivity contribution in [3.05, 3.63) is 42.3 Å². The summed E-state index contributed by atoms with van der Waals surface area (Å²) in [6, 6.07) is 10.1. The fourth-order valence-electron chi connectivity index (χ4n) is 2.58. The molecule has 0 saturated heterocycles. The van der Waals surface area contributed by atoms with E-state index in [1.54, 1.807) is 0 Å². The molecule has 1 saturated carbocycles. The molecule has 1 heterocycles. The SMILES string of the molecule is c1ccc(-c2ncc(C3CCCCC3)o2)cc1. The Bertz CT molecular complexity index is 469. The lowest BCUT2D eigenvalue weighted by atomic mass is 9.88. The average molecular weight is 227 g/mol. The minimum atomic E-state index is 0.591. The summed E-state index contributed by atoms with van der Waals surface area (Å²) in [4.78, 5) is 4.39. The molecule has 0 spiro atoms. The van der Waals surface area contributed by atoms with Crippen molar-refractivity contribution >= 4 is 0 Å². The topological polar surface area (TPSA) is 26.0 Å². The summed E-state index contributed by atoms with van der Waals surface area (Å²) >= 11 is 0. The predicted molar refractivity (Wildman–Crippen MR) is 67.8 cm³/mol. The minimum absolute atomic E-state index is 0.591. The summed E-state index contributed by atoms with van der Waals surface area (Å²) < 4.78 is 5.90. The van der Waals surface area contributed by atoms with Crippen LogP contribution in [0.3, 0.4) is 0 Å². The van der Waals surface area contributed by atoms with Crippen molar-refractivity contribution in [1.29, 1.82) is 0 Å². The second-order valence-electron chi connectivity index (χ2n) is 4.77. The number of hydrogen-bond acceptors (Lipinski definition) is 2. The van der Waals surface area contributed by atoms with Crippen molar-refractivity contribution < 1.29 is 4.42 Å². The first-order valence-corrected chi connectivity index (χ1v) is 6.44. The van der Waals surface area contributed by atoms with Crippen molar-refractivity contribution in [2.45, 2.75) is 38.0 Å². The van der Waals surface area contributed by atoms with Crippen molar-refractivity contribution in [2.75, 3.05) is 0 Å². The molecule has 0 aliphatic heterocycles. The molecule has 1 aromatic carbocycles. The third kappa shape index (κ3) is 2.26. The van der Waals surface area contributed by atoms with Crippen LogP contribution in [-0.4, -0.2) is 4.98 Å². The zero-order valence-electron chi connectivity index (χ0n) is 9.93. The van der Waals surface area contributed by atoms with Crippen molar-refractivity contribution in [1.82, 2.24) is 4.98 Å². The Hall–Kier alpha value is -1.57. The highest BCUT2D eigenvalue weighted by Gasteiger charge is 2.19. The van der Waals surface area contributed by atoms with Crippen LogP contribution in [0.1, 0.15) is 43.8 Å². The van der Waals surface area contributed by atoms with Gasteiger partial charge in [0.25, 0.3) is 0 Å². The van der Waals surface area contributed by atoms with Gasteiger partial charge in [-0.2, -0.15) is 0 Å². The fourth-order valence-corrected chi connectivity index (χ4v) is 2.58. The molecule has 2 heteroatoms. The largest absolute Gasteiger partial charge is 0.441 e. The second-order valence-corrected chi connectivity index (χ2v) is 4.77. The van der Waals surface area contributed by atoms with Crippen molar-refractivity contribution in [3.63, 3.8) is 0 Å². The molecule has 17 heavy (non-hydrogen) atoms. The molecule has 0 unspecified atom stereocenters. The van der Waals surface area contributed by atoms with Gasteiger partial charge in [-0.05, 0) is 25.0 Å². The third-order valence-electron chi connectivity index (χ3n) is 3.55. The van der Waals surface area contributed by atoms with Gasteiger partial charge >= 0.3 is 0 Å². The van der Waals surface area contributed by atoms with E-state index in [9.17, 15) is 0 Å². The lowest BCUT2D eigenvalue weighted by Crippen LogP contribution is -2.02. The Morgan fingerprint density at radius 3 is 2.53 bits per heavy atom. The van der Waals surface area contributed by atoms with Crippen LogP contribution in [0, 0.1) is 0 Å². The molecule has 1 aliphatic carbocycles. The van der Waals surface area contributed by atoms with Crippen molar-refractivity contribution in [3.8, 4) is 11.5 Å². The van der Waals surface area contributed by atoms with Crippen LogP contribution in [0.2, 0.25) is 0 Å². The first-order chi connectivity index (χ1) is 8.43. The molecule has 2 aromatic rings. The normalized spacial score (nSPS) is 17.2. The van der Waals surface area contributed by atoms with Crippen LogP contribution in [0.25, 0.3) is 11.5 Å². The van der Waals surface area contributed by atoms with E-state index in [-0.39, 0.29) is 0 Å². The Balaban J connectivity index is 1.83. The fraction of sp³-hybridized carbons (Fsp3) is 0.400. The van der Waals surface area contributed by atoms with Gasteiger partial charge in [-0.25, -0.2) is 4.98 Å². The Kier molecular flexibility index (Phi) is 2.95. The van der Waals surface area contributed by atoms with Gasteiger partial charge in [-0.1, -0.05) is 37.5 Å². The zero-order chi connectivity index (χ0) is 11.5. The van der Waals surface area contributed by atoms with Crippen LogP contribution < -0.4 is 0 Å². The van der Waals surface area contributed by atoms with Crippen LogP contribution in [0.5, 0.6) is 0 Å². The number of rotatable bonds is 2. The highest BCUT2D eigenvalue weighted by atomic mass is 16.4. The van der Waals surface area contributed by atoms with E-state index >= 15 is 0 Å². The number of benzene rings is 1. The molecule has 0 atom stereocenters. The minimum Gasteiger partial charge on any atom is -0.441 e. The van der Waals surface area contributed by atoms with Gasteiger partial charge in [0.1, 0.15) is 5.76 Å². The first kappa shape index (κ1) is 10.6. The van der Waals surface area contributed by atoms with E-state index < -0.39 is 0 Å². The molecule has 0 amide bonds. The van der Waals surface area contributed by atoms with Gasteiger partial charge in [-0.15, -0.1) is 0 Å². The van der Waals surface area contributed by atoms with Gasteiger partial charge in [0.15, 0.2) is 0 Å². The zero-order valence-corrected chi connectivity index (χ0v) is 9.93. The molecular weight excluding hydrogens is 210 g/mol. The van der Waals surface area contributed by atoms with E-state index in [4.69, 9.17) is 4.42 Å². The number of hydrogen-bond donors (Lipinski definition) is 0. The monoisotopic (exact) mass is 227 g/mol. The Morgan fingerprint density at radius 1 is 1.00 bits per heavy atom. The molecular formula is C15H17NO. The molecule has 1 fully saturated rings. The summed E-state index contributed by atoms with van der Waals surface area (Å²) in [6.45, 7) is 0. The lowest BCUT2D eigenvalue weighted by Gasteiger charge is -2.18. The van der Waals surface area contributed by atoms with Crippen LogP contribution in [-0.2, 0) is 0 Å². The number of oxazole rings is 1. The van der Waals surface area contributed by atoms with E-state index in [0.717, 1.165) is 17.2 Å². The molecule has 1 aliphatic rings. The van der Waals surface area contributed by atoms with E-state index in [0.29, 0.717) is 5.92 Å². The summed E-state index contributed by atoms with van der Waals surface area (Å²) in [5, 5.41) is 0. The summed E-state index contributed by atoms with van der Waals surface area (Å²) in [5.74, 6) is 2.42. The Labute approximate surface area is 102 Å². The first-order valence-electron chi connectivity index (χ1n) is 6.44.